The first-order chi connectivity index (χ1) is 6.97. The standard InChI is InChI=1S/C11H18N2O2/c1-4-5-7-13-8-6-9(14)12-11(2,3)10(13)15/h4H,1,5-8H2,2-3H3,(H,12,14). The lowest BCUT2D eigenvalue weighted by atomic mass is 10.0. The molecule has 1 N–H and O–H groups in total. The van der Waals surface area contributed by atoms with E-state index in [4.69, 9.17) is 0 Å². The third-order valence-corrected chi connectivity index (χ3v) is 2.49. The van der Waals surface area contributed by atoms with E-state index in [0.717, 1.165) is 6.42 Å². The van der Waals surface area contributed by atoms with Gasteiger partial charge < -0.3 is 10.2 Å². The van der Waals surface area contributed by atoms with Crippen LogP contribution in [0.15, 0.2) is 12.7 Å². The molecule has 15 heavy (non-hydrogen) atoms. The van der Waals surface area contributed by atoms with E-state index >= 15 is 0 Å². The normalized spacial score (nSPS) is 20.8. The molecule has 0 bridgehead atoms. The largest absolute Gasteiger partial charge is 0.342 e. The molecule has 0 aromatic heterocycles. The number of hydrogen-bond donors (Lipinski definition) is 1. The van der Waals surface area contributed by atoms with Crippen molar-refractivity contribution in [2.75, 3.05) is 13.1 Å². The number of nitrogens with zero attached hydrogens (tertiary/aromatic N) is 1. The summed E-state index contributed by atoms with van der Waals surface area (Å²) in [6.45, 7) is 8.24. The number of amides is 2. The fourth-order valence-corrected chi connectivity index (χ4v) is 1.66. The summed E-state index contributed by atoms with van der Waals surface area (Å²) in [6, 6.07) is 0. The zero-order valence-corrected chi connectivity index (χ0v) is 9.38. The Bertz CT molecular complexity index is 284. The van der Waals surface area contributed by atoms with Crippen LogP contribution in [0.2, 0.25) is 0 Å². The van der Waals surface area contributed by atoms with Crippen molar-refractivity contribution >= 4 is 11.8 Å². The van der Waals surface area contributed by atoms with Gasteiger partial charge in [0.1, 0.15) is 5.54 Å². The van der Waals surface area contributed by atoms with Crippen LogP contribution in [0.5, 0.6) is 0 Å². The molecule has 0 unspecified atom stereocenters. The molecule has 0 aromatic rings. The van der Waals surface area contributed by atoms with E-state index in [2.05, 4.69) is 11.9 Å². The van der Waals surface area contributed by atoms with Crippen LogP contribution in [0.25, 0.3) is 0 Å². The van der Waals surface area contributed by atoms with E-state index in [1.165, 1.54) is 0 Å². The van der Waals surface area contributed by atoms with Crippen LogP contribution in [-0.2, 0) is 9.59 Å². The zero-order valence-electron chi connectivity index (χ0n) is 9.38. The number of carbonyl (C=O) groups excluding carboxylic acids is 2. The van der Waals surface area contributed by atoms with E-state index in [-0.39, 0.29) is 11.8 Å². The Morgan fingerprint density at radius 2 is 2.20 bits per heavy atom. The molecule has 1 aliphatic heterocycles. The van der Waals surface area contributed by atoms with Crippen LogP contribution in [0.1, 0.15) is 26.7 Å². The van der Waals surface area contributed by atoms with E-state index in [0.29, 0.717) is 19.5 Å². The van der Waals surface area contributed by atoms with Crippen LogP contribution in [0.3, 0.4) is 0 Å². The van der Waals surface area contributed by atoms with Gasteiger partial charge in [0.05, 0.1) is 0 Å². The van der Waals surface area contributed by atoms with Crippen molar-refractivity contribution in [1.82, 2.24) is 10.2 Å². The molecule has 4 nitrogen and oxygen atoms in total. The van der Waals surface area contributed by atoms with Gasteiger partial charge in [-0.1, -0.05) is 6.08 Å². The predicted molar refractivity (Wildman–Crippen MR) is 58.2 cm³/mol. The highest BCUT2D eigenvalue weighted by atomic mass is 16.2. The summed E-state index contributed by atoms with van der Waals surface area (Å²) < 4.78 is 0. The highest BCUT2D eigenvalue weighted by Gasteiger charge is 2.35. The Balaban J connectivity index is 2.76. The molecular weight excluding hydrogens is 192 g/mol. The Labute approximate surface area is 90.3 Å². The van der Waals surface area contributed by atoms with Crippen LogP contribution in [0, 0.1) is 0 Å². The van der Waals surface area contributed by atoms with Gasteiger partial charge in [-0.25, -0.2) is 0 Å². The number of rotatable bonds is 3. The van der Waals surface area contributed by atoms with Crippen molar-refractivity contribution in [3.63, 3.8) is 0 Å². The summed E-state index contributed by atoms with van der Waals surface area (Å²) in [5.74, 6) is -0.0790. The summed E-state index contributed by atoms with van der Waals surface area (Å²) in [6.07, 6.45) is 2.92. The molecule has 1 saturated heterocycles. The summed E-state index contributed by atoms with van der Waals surface area (Å²) in [5, 5.41) is 2.72. The maximum Gasteiger partial charge on any atom is 0.247 e. The molecule has 0 aliphatic carbocycles. The maximum absolute atomic E-state index is 12.0. The van der Waals surface area contributed by atoms with Crippen LogP contribution in [-0.4, -0.2) is 35.3 Å². The molecule has 0 aromatic carbocycles. The molecular formula is C11H18N2O2. The van der Waals surface area contributed by atoms with Gasteiger partial charge >= 0.3 is 0 Å². The number of hydrogen-bond acceptors (Lipinski definition) is 2. The smallest absolute Gasteiger partial charge is 0.247 e. The molecule has 1 aliphatic rings. The lowest BCUT2D eigenvalue weighted by Gasteiger charge is -2.28. The van der Waals surface area contributed by atoms with Crippen LogP contribution >= 0.6 is 0 Å². The fourth-order valence-electron chi connectivity index (χ4n) is 1.66. The molecule has 1 fully saturated rings. The van der Waals surface area contributed by atoms with Gasteiger partial charge in [0.15, 0.2) is 0 Å². The summed E-state index contributed by atoms with van der Waals surface area (Å²) in [5.41, 5.74) is -0.783. The SMILES string of the molecule is C=CCCN1CCC(=O)NC(C)(C)C1=O. The number of nitrogens with one attached hydrogen (secondary N) is 1. The number of carbonyl (C=O) groups is 2. The molecule has 84 valence electrons. The molecule has 0 saturated carbocycles. The van der Waals surface area contributed by atoms with Gasteiger partial charge in [-0.15, -0.1) is 6.58 Å². The van der Waals surface area contributed by atoms with Gasteiger partial charge in [-0.3, -0.25) is 9.59 Å². The zero-order chi connectivity index (χ0) is 11.5. The predicted octanol–water partition coefficient (Wildman–Crippen LogP) is 0.690. The molecule has 0 spiro atoms. The van der Waals surface area contributed by atoms with Crippen molar-refractivity contribution in [2.24, 2.45) is 0 Å². The highest BCUT2D eigenvalue weighted by molar-refractivity contribution is 5.92. The Morgan fingerprint density at radius 1 is 1.53 bits per heavy atom. The van der Waals surface area contributed by atoms with Gasteiger partial charge in [0.2, 0.25) is 11.8 Å². The molecule has 0 atom stereocenters. The van der Waals surface area contributed by atoms with Crippen LogP contribution < -0.4 is 5.32 Å². The van der Waals surface area contributed by atoms with Gasteiger partial charge in [0.25, 0.3) is 0 Å². The third-order valence-electron chi connectivity index (χ3n) is 2.49. The average molecular weight is 210 g/mol. The van der Waals surface area contributed by atoms with Gasteiger partial charge in [-0.2, -0.15) is 0 Å². The van der Waals surface area contributed by atoms with E-state index in [1.54, 1.807) is 24.8 Å². The van der Waals surface area contributed by atoms with E-state index < -0.39 is 5.54 Å². The van der Waals surface area contributed by atoms with Crippen molar-refractivity contribution in [1.29, 1.82) is 0 Å². The highest BCUT2D eigenvalue weighted by Crippen LogP contribution is 2.13. The minimum Gasteiger partial charge on any atom is -0.342 e. The minimum absolute atomic E-state index is 0.0183. The van der Waals surface area contributed by atoms with Crippen molar-refractivity contribution in [2.45, 2.75) is 32.2 Å². The Hall–Kier alpha value is -1.32. The summed E-state index contributed by atoms with van der Waals surface area (Å²) in [7, 11) is 0. The average Bonchev–Trinajstić information content (AvgIpc) is 2.24. The van der Waals surface area contributed by atoms with Crippen molar-refractivity contribution in [3.05, 3.63) is 12.7 Å². The van der Waals surface area contributed by atoms with Crippen molar-refractivity contribution in [3.8, 4) is 0 Å². The lowest BCUT2D eigenvalue weighted by molar-refractivity contribution is -0.137. The van der Waals surface area contributed by atoms with Crippen molar-refractivity contribution < 1.29 is 9.59 Å². The van der Waals surface area contributed by atoms with E-state index in [1.807, 2.05) is 0 Å². The first-order valence-corrected chi connectivity index (χ1v) is 5.18. The topological polar surface area (TPSA) is 49.4 Å². The third kappa shape index (κ3) is 2.81. The molecule has 0 radical (unpaired) electrons. The summed E-state index contributed by atoms with van der Waals surface area (Å²) in [4.78, 5) is 25.1. The first-order valence-electron chi connectivity index (χ1n) is 5.18. The van der Waals surface area contributed by atoms with Gasteiger partial charge in [-0.05, 0) is 20.3 Å². The molecule has 1 rings (SSSR count). The second kappa shape index (κ2) is 4.47. The Morgan fingerprint density at radius 3 is 2.80 bits per heavy atom. The van der Waals surface area contributed by atoms with E-state index in [9.17, 15) is 9.59 Å². The van der Waals surface area contributed by atoms with Crippen LogP contribution in [0.4, 0.5) is 0 Å². The quantitative estimate of drug-likeness (QED) is 0.697. The monoisotopic (exact) mass is 210 g/mol. The second-order valence-electron chi connectivity index (χ2n) is 4.29. The lowest BCUT2D eigenvalue weighted by Crippen LogP contribution is -2.52. The molecule has 4 heteroatoms. The summed E-state index contributed by atoms with van der Waals surface area (Å²) >= 11 is 0. The second-order valence-corrected chi connectivity index (χ2v) is 4.29. The maximum atomic E-state index is 12.0. The Kier molecular flexibility index (Phi) is 3.50. The minimum atomic E-state index is -0.783. The molecule has 1 heterocycles. The molecule has 2 amide bonds. The first kappa shape index (κ1) is 11.8. The van der Waals surface area contributed by atoms with Gasteiger partial charge in [0, 0.05) is 19.5 Å². The fraction of sp³-hybridized carbons (Fsp3) is 0.636.